The fraction of sp³-hybridized carbons (Fsp3) is 0.150. The standard InChI is InChI=1S/C20H19.3ClH.Ti/c1-2-16-14-9-15-19(16)20(17-10-5-3-6-11-17)18-12-7-4-8-13-18;;;;/h3-15,20H,2H2,1H3;3*1H;/q-1;;;;+4/p-3. The first kappa shape index (κ1) is 25.6. The largest absolute Gasteiger partial charge is 4.00 e. The maximum atomic E-state index is 2.27. The van der Waals surface area contributed by atoms with Gasteiger partial charge in [0.15, 0.2) is 0 Å². The second-order valence-electron chi connectivity index (χ2n) is 5.11. The molecule has 0 aromatic heterocycles. The molecule has 24 heavy (non-hydrogen) atoms. The Morgan fingerprint density at radius 1 is 0.708 bits per heavy atom. The summed E-state index contributed by atoms with van der Waals surface area (Å²) in [5, 5.41) is 0. The van der Waals surface area contributed by atoms with Crippen LogP contribution in [0.2, 0.25) is 0 Å². The molecule has 124 valence electrons. The van der Waals surface area contributed by atoms with Crippen molar-refractivity contribution in [3.05, 3.63) is 101 Å². The molecule has 0 N–H and O–H groups in total. The Labute approximate surface area is 178 Å². The Morgan fingerprint density at radius 2 is 1.17 bits per heavy atom. The van der Waals surface area contributed by atoms with E-state index in [9.17, 15) is 0 Å². The molecule has 0 aliphatic rings. The van der Waals surface area contributed by atoms with Crippen molar-refractivity contribution in [2.75, 3.05) is 0 Å². The second-order valence-corrected chi connectivity index (χ2v) is 5.11. The topological polar surface area (TPSA) is 0 Å². The van der Waals surface area contributed by atoms with Crippen molar-refractivity contribution in [1.82, 2.24) is 0 Å². The van der Waals surface area contributed by atoms with Crippen molar-refractivity contribution in [2.45, 2.75) is 19.3 Å². The van der Waals surface area contributed by atoms with Crippen LogP contribution in [0.25, 0.3) is 0 Å². The van der Waals surface area contributed by atoms with Gasteiger partial charge in [0.2, 0.25) is 0 Å². The van der Waals surface area contributed by atoms with E-state index < -0.39 is 0 Å². The molecule has 0 nitrogen and oxygen atoms in total. The van der Waals surface area contributed by atoms with E-state index in [1.165, 1.54) is 22.3 Å². The van der Waals surface area contributed by atoms with E-state index in [4.69, 9.17) is 0 Å². The quantitative estimate of drug-likeness (QED) is 0.304. The fourth-order valence-corrected chi connectivity index (χ4v) is 2.92. The first-order valence-electron chi connectivity index (χ1n) is 7.24. The Hall–Kier alpha value is -0.626. The summed E-state index contributed by atoms with van der Waals surface area (Å²) < 4.78 is 0. The number of aryl methyl sites for hydroxylation is 1. The molecule has 0 fully saturated rings. The summed E-state index contributed by atoms with van der Waals surface area (Å²) >= 11 is 0. The van der Waals surface area contributed by atoms with Crippen molar-refractivity contribution in [2.24, 2.45) is 0 Å². The van der Waals surface area contributed by atoms with Crippen LogP contribution in [0.4, 0.5) is 0 Å². The van der Waals surface area contributed by atoms with E-state index in [0.29, 0.717) is 5.92 Å². The van der Waals surface area contributed by atoms with Gasteiger partial charge in [0.1, 0.15) is 0 Å². The number of benzene rings is 2. The van der Waals surface area contributed by atoms with E-state index in [0.717, 1.165) is 6.42 Å². The summed E-state index contributed by atoms with van der Waals surface area (Å²) in [7, 11) is 0. The van der Waals surface area contributed by atoms with Gasteiger partial charge >= 0.3 is 21.7 Å². The first-order chi connectivity index (χ1) is 9.90. The summed E-state index contributed by atoms with van der Waals surface area (Å²) in [5.41, 5.74) is 5.60. The van der Waals surface area contributed by atoms with E-state index in [1.54, 1.807) is 0 Å². The molecule has 0 atom stereocenters. The maximum absolute atomic E-state index is 2.27. The monoisotopic (exact) mass is 412 g/mol. The fourth-order valence-electron chi connectivity index (χ4n) is 2.92. The third kappa shape index (κ3) is 5.72. The van der Waals surface area contributed by atoms with Crippen LogP contribution >= 0.6 is 0 Å². The van der Waals surface area contributed by atoms with Gasteiger partial charge in [-0.1, -0.05) is 74.0 Å². The molecular formula is C20H19Cl3Ti. The molecule has 0 radical (unpaired) electrons. The van der Waals surface area contributed by atoms with Crippen LogP contribution in [0.3, 0.4) is 0 Å². The third-order valence-electron chi connectivity index (χ3n) is 3.90. The van der Waals surface area contributed by atoms with E-state index in [2.05, 4.69) is 85.8 Å². The summed E-state index contributed by atoms with van der Waals surface area (Å²) in [6, 6.07) is 28.3. The molecule has 0 heterocycles. The Morgan fingerprint density at radius 3 is 1.58 bits per heavy atom. The van der Waals surface area contributed by atoms with Crippen LogP contribution in [0, 0.1) is 0 Å². The van der Waals surface area contributed by atoms with Crippen LogP contribution in [0.1, 0.15) is 35.1 Å². The minimum atomic E-state index is 0. The summed E-state index contributed by atoms with van der Waals surface area (Å²) in [4.78, 5) is 0. The Bertz CT molecular complexity index is 626. The molecule has 0 amide bonds. The van der Waals surface area contributed by atoms with Crippen LogP contribution in [0.5, 0.6) is 0 Å². The molecule has 4 heteroatoms. The van der Waals surface area contributed by atoms with E-state index in [1.807, 2.05) is 0 Å². The van der Waals surface area contributed by atoms with E-state index in [-0.39, 0.29) is 58.9 Å². The summed E-state index contributed by atoms with van der Waals surface area (Å²) in [6.07, 6.45) is 1.08. The number of rotatable bonds is 4. The van der Waals surface area contributed by atoms with Crippen molar-refractivity contribution in [1.29, 1.82) is 0 Å². The van der Waals surface area contributed by atoms with Crippen LogP contribution in [0.15, 0.2) is 78.9 Å². The molecule has 0 aliphatic carbocycles. The van der Waals surface area contributed by atoms with Gasteiger partial charge in [-0.05, 0) is 17.0 Å². The zero-order valence-corrected chi connectivity index (χ0v) is 17.3. The Balaban J connectivity index is 0. The van der Waals surface area contributed by atoms with Gasteiger partial charge in [-0.2, -0.15) is 11.6 Å². The molecule has 3 rings (SSSR count). The van der Waals surface area contributed by atoms with E-state index >= 15 is 0 Å². The zero-order chi connectivity index (χ0) is 13.8. The van der Waals surface area contributed by atoms with Gasteiger partial charge in [0, 0.05) is 0 Å². The predicted molar refractivity (Wildman–Crippen MR) is 85.2 cm³/mol. The number of halogens is 3. The summed E-state index contributed by atoms with van der Waals surface area (Å²) in [5.74, 6) is 0.336. The molecule has 0 unspecified atom stereocenters. The molecule has 0 aliphatic heterocycles. The second kappa shape index (κ2) is 12.7. The van der Waals surface area contributed by atoms with Crippen molar-refractivity contribution in [3.8, 4) is 0 Å². The predicted octanol–water partition coefficient (Wildman–Crippen LogP) is -3.84. The SMILES string of the molecule is CCc1ccc[c-]1C(c1ccccc1)c1ccccc1.[Cl-].[Cl-].[Cl-].[Ti+4]. The van der Waals surface area contributed by atoms with Gasteiger partial charge in [-0.25, -0.2) is 12.1 Å². The van der Waals surface area contributed by atoms with Gasteiger partial charge in [-0.3, -0.25) is 0 Å². The molecule has 0 spiro atoms. The van der Waals surface area contributed by atoms with Gasteiger partial charge in [0.25, 0.3) is 0 Å². The van der Waals surface area contributed by atoms with Crippen LogP contribution in [-0.2, 0) is 28.1 Å². The maximum Gasteiger partial charge on any atom is 4.00 e. The normalized spacial score (nSPS) is 9.08. The smallest absolute Gasteiger partial charge is 1.00 e. The minimum absolute atomic E-state index is 0. The van der Waals surface area contributed by atoms with Gasteiger partial charge < -0.3 is 37.2 Å². The molecular weight excluding hydrogens is 394 g/mol. The minimum Gasteiger partial charge on any atom is -1.00 e. The zero-order valence-electron chi connectivity index (χ0n) is 13.4. The molecule has 3 aromatic rings. The van der Waals surface area contributed by atoms with Crippen LogP contribution in [-0.4, -0.2) is 0 Å². The third-order valence-corrected chi connectivity index (χ3v) is 3.90. The van der Waals surface area contributed by atoms with Crippen molar-refractivity contribution >= 4 is 0 Å². The molecule has 0 saturated carbocycles. The van der Waals surface area contributed by atoms with Gasteiger partial charge in [0.05, 0.1) is 0 Å². The first-order valence-corrected chi connectivity index (χ1v) is 7.24. The molecule has 0 bridgehead atoms. The molecule has 0 saturated heterocycles. The number of hydrogen-bond donors (Lipinski definition) is 0. The average Bonchev–Trinajstić information content (AvgIpc) is 2.98. The van der Waals surface area contributed by atoms with Gasteiger partial charge in [-0.15, -0.1) is 5.56 Å². The van der Waals surface area contributed by atoms with Crippen LogP contribution < -0.4 is 37.2 Å². The van der Waals surface area contributed by atoms with Crippen molar-refractivity contribution in [3.63, 3.8) is 0 Å². The number of hydrogen-bond acceptors (Lipinski definition) is 0. The summed E-state index contributed by atoms with van der Waals surface area (Å²) in [6.45, 7) is 2.23. The average molecular weight is 414 g/mol. The molecule has 3 aromatic carbocycles. The Kier molecular flexibility index (Phi) is 13.5. The van der Waals surface area contributed by atoms with Crippen molar-refractivity contribution < 1.29 is 58.9 Å².